The van der Waals surface area contributed by atoms with Crippen LogP contribution >= 0.6 is 15.9 Å². The van der Waals surface area contributed by atoms with Crippen LogP contribution in [-0.2, 0) is 6.42 Å². The van der Waals surface area contributed by atoms with Crippen molar-refractivity contribution < 1.29 is 4.39 Å². The molecule has 0 bridgehead atoms. The highest BCUT2D eigenvalue weighted by molar-refractivity contribution is 9.10. The van der Waals surface area contributed by atoms with Gasteiger partial charge in [-0.2, -0.15) is 0 Å². The summed E-state index contributed by atoms with van der Waals surface area (Å²) in [6.45, 7) is 0. The summed E-state index contributed by atoms with van der Waals surface area (Å²) in [7, 11) is 0. The standard InChI is InChI=1S/C13H17BrFN/c14-13-10(6-3-7-11(13)15)8-12(16)9-4-1-2-5-9/h3,6-7,9,12H,1-2,4-5,8,16H2. The van der Waals surface area contributed by atoms with Gasteiger partial charge in [0, 0.05) is 6.04 Å². The van der Waals surface area contributed by atoms with Crippen LogP contribution in [-0.4, -0.2) is 6.04 Å². The molecule has 1 aliphatic carbocycles. The smallest absolute Gasteiger partial charge is 0.137 e. The maximum Gasteiger partial charge on any atom is 0.137 e. The van der Waals surface area contributed by atoms with E-state index in [9.17, 15) is 4.39 Å². The molecule has 16 heavy (non-hydrogen) atoms. The third kappa shape index (κ3) is 2.64. The van der Waals surface area contributed by atoms with E-state index < -0.39 is 0 Å². The summed E-state index contributed by atoms with van der Waals surface area (Å²) in [6, 6.07) is 5.33. The lowest BCUT2D eigenvalue weighted by Gasteiger charge is -2.19. The number of nitrogens with two attached hydrogens (primary N) is 1. The first-order valence-electron chi connectivity index (χ1n) is 5.87. The topological polar surface area (TPSA) is 26.0 Å². The van der Waals surface area contributed by atoms with Crippen molar-refractivity contribution in [3.8, 4) is 0 Å². The van der Waals surface area contributed by atoms with E-state index in [4.69, 9.17) is 5.73 Å². The van der Waals surface area contributed by atoms with Gasteiger partial charge < -0.3 is 5.73 Å². The zero-order valence-corrected chi connectivity index (χ0v) is 10.8. The van der Waals surface area contributed by atoms with Crippen molar-refractivity contribution in [1.82, 2.24) is 0 Å². The van der Waals surface area contributed by atoms with Gasteiger partial charge in [-0.3, -0.25) is 0 Å². The SMILES string of the molecule is NC(Cc1cccc(F)c1Br)C1CCCC1. The molecule has 1 aromatic rings. The second-order valence-electron chi connectivity index (χ2n) is 4.63. The van der Waals surface area contributed by atoms with Crippen LogP contribution in [0.5, 0.6) is 0 Å². The van der Waals surface area contributed by atoms with Gasteiger partial charge in [0.15, 0.2) is 0 Å². The lowest BCUT2D eigenvalue weighted by atomic mass is 9.93. The van der Waals surface area contributed by atoms with Gasteiger partial charge in [0.05, 0.1) is 4.47 Å². The summed E-state index contributed by atoms with van der Waals surface area (Å²) in [5.74, 6) is 0.422. The Morgan fingerprint density at radius 3 is 2.75 bits per heavy atom. The van der Waals surface area contributed by atoms with Crippen LogP contribution in [0.2, 0.25) is 0 Å². The fourth-order valence-electron chi connectivity index (χ4n) is 2.51. The second kappa shape index (κ2) is 5.28. The molecule has 0 amide bonds. The van der Waals surface area contributed by atoms with Crippen LogP contribution < -0.4 is 5.73 Å². The van der Waals surface area contributed by atoms with Gasteiger partial charge in [0.2, 0.25) is 0 Å². The van der Waals surface area contributed by atoms with Crippen molar-refractivity contribution in [2.24, 2.45) is 11.7 Å². The Morgan fingerprint density at radius 1 is 1.38 bits per heavy atom. The van der Waals surface area contributed by atoms with Crippen LogP contribution in [0.15, 0.2) is 22.7 Å². The largest absolute Gasteiger partial charge is 0.327 e. The molecule has 1 unspecified atom stereocenters. The van der Waals surface area contributed by atoms with Gasteiger partial charge in [-0.05, 0) is 52.7 Å². The maximum atomic E-state index is 13.3. The van der Waals surface area contributed by atoms with E-state index in [1.165, 1.54) is 31.7 Å². The lowest BCUT2D eigenvalue weighted by molar-refractivity contribution is 0.428. The summed E-state index contributed by atoms with van der Waals surface area (Å²) in [4.78, 5) is 0. The van der Waals surface area contributed by atoms with Crippen LogP contribution in [0, 0.1) is 11.7 Å². The van der Waals surface area contributed by atoms with Gasteiger partial charge in [-0.1, -0.05) is 25.0 Å². The molecule has 0 spiro atoms. The molecule has 1 saturated carbocycles. The summed E-state index contributed by atoms with van der Waals surface area (Å²) in [5, 5.41) is 0. The van der Waals surface area contributed by atoms with E-state index in [1.54, 1.807) is 6.07 Å². The van der Waals surface area contributed by atoms with Crippen molar-refractivity contribution in [1.29, 1.82) is 0 Å². The van der Waals surface area contributed by atoms with Crippen molar-refractivity contribution in [2.45, 2.75) is 38.1 Å². The van der Waals surface area contributed by atoms with Gasteiger partial charge in [-0.15, -0.1) is 0 Å². The first kappa shape index (κ1) is 12.1. The Morgan fingerprint density at radius 2 is 2.06 bits per heavy atom. The third-order valence-corrected chi connectivity index (χ3v) is 4.38. The molecule has 2 N–H and O–H groups in total. The molecule has 1 atom stereocenters. The Kier molecular flexibility index (Phi) is 3.98. The van der Waals surface area contributed by atoms with Gasteiger partial charge in [0.25, 0.3) is 0 Å². The van der Waals surface area contributed by atoms with E-state index in [-0.39, 0.29) is 11.9 Å². The fraction of sp³-hybridized carbons (Fsp3) is 0.538. The minimum Gasteiger partial charge on any atom is -0.327 e. The van der Waals surface area contributed by atoms with Gasteiger partial charge >= 0.3 is 0 Å². The van der Waals surface area contributed by atoms with Gasteiger partial charge in [0.1, 0.15) is 5.82 Å². The van der Waals surface area contributed by atoms with Crippen LogP contribution in [0.1, 0.15) is 31.2 Å². The minimum absolute atomic E-state index is 0.167. The van der Waals surface area contributed by atoms with E-state index in [2.05, 4.69) is 15.9 Å². The number of hydrogen-bond acceptors (Lipinski definition) is 1. The Balaban J connectivity index is 2.05. The molecule has 88 valence electrons. The highest BCUT2D eigenvalue weighted by Crippen LogP contribution is 2.30. The van der Waals surface area contributed by atoms with E-state index in [1.807, 2.05) is 6.07 Å². The normalized spacial score (nSPS) is 18.9. The van der Waals surface area contributed by atoms with Gasteiger partial charge in [-0.25, -0.2) is 4.39 Å². The number of rotatable bonds is 3. The summed E-state index contributed by atoms with van der Waals surface area (Å²) in [6.07, 6.45) is 5.82. The number of hydrogen-bond donors (Lipinski definition) is 1. The van der Waals surface area contributed by atoms with Crippen LogP contribution in [0.3, 0.4) is 0 Å². The van der Waals surface area contributed by atoms with E-state index >= 15 is 0 Å². The molecular formula is C13H17BrFN. The first-order chi connectivity index (χ1) is 7.68. The summed E-state index contributed by atoms with van der Waals surface area (Å²) < 4.78 is 13.9. The average molecular weight is 286 g/mol. The third-order valence-electron chi connectivity index (χ3n) is 3.49. The zero-order chi connectivity index (χ0) is 11.5. The molecule has 0 heterocycles. The molecule has 1 aromatic carbocycles. The molecule has 0 aliphatic heterocycles. The quantitative estimate of drug-likeness (QED) is 0.901. The Labute approximate surface area is 104 Å². The highest BCUT2D eigenvalue weighted by atomic mass is 79.9. The maximum absolute atomic E-state index is 13.3. The molecular weight excluding hydrogens is 269 g/mol. The van der Waals surface area contributed by atoms with E-state index in [0.29, 0.717) is 10.4 Å². The summed E-state index contributed by atoms with van der Waals surface area (Å²) in [5.41, 5.74) is 7.17. The number of halogens is 2. The Hall–Kier alpha value is -0.410. The van der Waals surface area contributed by atoms with Crippen molar-refractivity contribution in [3.05, 3.63) is 34.1 Å². The molecule has 3 heteroatoms. The monoisotopic (exact) mass is 285 g/mol. The molecule has 0 radical (unpaired) electrons. The van der Waals surface area contributed by atoms with Crippen molar-refractivity contribution in [3.63, 3.8) is 0 Å². The summed E-state index contributed by atoms with van der Waals surface area (Å²) >= 11 is 3.29. The molecule has 1 aliphatic rings. The molecule has 2 rings (SSSR count). The van der Waals surface area contributed by atoms with Crippen molar-refractivity contribution in [2.75, 3.05) is 0 Å². The molecule has 0 saturated heterocycles. The van der Waals surface area contributed by atoms with Crippen molar-refractivity contribution >= 4 is 15.9 Å². The second-order valence-corrected chi connectivity index (χ2v) is 5.42. The fourth-order valence-corrected chi connectivity index (χ4v) is 2.94. The predicted octanol–water partition coefficient (Wildman–Crippen LogP) is 3.65. The highest BCUT2D eigenvalue weighted by Gasteiger charge is 2.22. The molecule has 0 aromatic heterocycles. The predicted molar refractivity (Wildman–Crippen MR) is 67.7 cm³/mol. The Bertz CT molecular complexity index is 361. The molecule has 1 nitrogen and oxygen atoms in total. The van der Waals surface area contributed by atoms with Crippen LogP contribution in [0.25, 0.3) is 0 Å². The number of benzene rings is 1. The first-order valence-corrected chi connectivity index (χ1v) is 6.66. The lowest BCUT2D eigenvalue weighted by Crippen LogP contribution is -2.30. The minimum atomic E-state index is -0.198. The molecule has 1 fully saturated rings. The van der Waals surface area contributed by atoms with E-state index in [0.717, 1.165) is 12.0 Å². The zero-order valence-electron chi connectivity index (χ0n) is 9.26. The van der Waals surface area contributed by atoms with Crippen LogP contribution in [0.4, 0.5) is 4.39 Å². The average Bonchev–Trinajstić information content (AvgIpc) is 2.78.